The number of nitrogens with zero attached hydrogens (tertiary/aromatic N) is 2. The van der Waals surface area contributed by atoms with Crippen LogP contribution in [0.25, 0.3) is 0 Å². The summed E-state index contributed by atoms with van der Waals surface area (Å²) in [7, 11) is 0. The lowest BCUT2D eigenvalue weighted by atomic mass is 10.1. The van der Waals surface area contributed by atoms with Crippen molar-refractivity contribution < 1.29 is 0 Å². The summed E-state index contributed by atoms with van der Waals surface area (Å²) in [5.41, 5.74) is -0.313. The van der Waals surface area contributed by atoms with Crippen LogP contribution in [-0.2, 0) is 6.42 Å². The highest BCUT2D eigenvalue weighted by atomic mass is 35.5. The first-order valence-corrected chi connectivity index (χ1v) is 6.70. The minimum atomic E-state index is -0.313. The van der Waals surface area contributed by atoms with Gasteiger partial charge in [0.15, 0.2) is 0 Å². The minimum Gasteiger partial charge on any atom is -0.353 e. The normalized spacial score (nSPS) is 11.7. The Morgan fingerprint density at radius 3 is 2.60 bits per heavy atom. The fourth-order valence-electron chi connectivity index (χ4n) is 0.991. The molecule has 0 spiro atoms. The lowest BCUT2D eigenvalue weighted by Gasteiger charge is -2.24. The number of rotatable bonds is 6. The predicted molar refractivity (Wildman–Crippen MR) is 67.4 cm³/mol. The SMILES string of the molecule is CCCc1nsc(NC(C)(CCl)CCl)n1. The summed E-state index contributed by atoms with van der Waals surface area (Å²) >= 11 is 13.0. The zero-order valence-corrected chi connectivity index (χ0v) is 11.2. The fraction of sp³-hybridized carbons (Fsp3) is 0.778. The third-order valence-electron chi connectivity index (χ3n) is 1.94. The van der Waals surface area contributed by atoms with Gasteiger partial charge in [0.05, 0.1) is 5.54 Å². The highest BCUT2D eigenvalue weighted by Crippen LogP contribution is 2.20. The Kier molecular flexibility index (Phi) is 5.09. The Bertz CT molecular complexity index is 299. The highest BCUT2D eigenvalue weighted by Gasteiger charge is 2.23. The topological polar surface area (TPSA) is 37.8 Å². The second kappa shape index (κ2) is 5.87. The van der Waals surface area contributed by atoms with E-state index in [1.54, 1.807) is 0 Å². The van der Waals surface area contributed by atoms with Crippen LogP contribution in [0.4, 0.5) is 5.13 Å². The van der Waals surface area contributed by atoms with Crippen LogP contribution in [0.3, 0.4) is 0 Å². The van der Waals surface area contributed by atoms with Crippen LogP contribution < -0.4 is 5.32 Å². The molecule has 0 amide bonds. The smallest absolute Gasteiger partial charge is 0.203 e. The van der Waals surface area contributed by atoms with Crippen LogP contribution in [-0.4, -0.2) is 26.7 Å². The van der Waals surface area contributed by atoms with Gasteiger partial charge >= 0.3 is 0 Å². The summed E-state index contributed by atoms with van der Waals surface area (Å²) in [6.45, 7) is 4.07. The molecule has 1 N–H and O–H groups in total. The number of aryl methyl sites for hydroxylation is 1. The van der Waals surface area contributed by atoms with E-state index in [1.165, 1.54) is 11.5 Å². The van der Waals surface area contributed by atoms with Crippen LogP contribution in [0.2, 0.25) is 0 Å². The van der Waals surface area contributed by atoms with Gasteiger partial charge in [-0.15, -0.1) is 23.2 Å². The molecule has 15 heavy (non-hydrogen) atoms. The standard InChI is InChI=1S/C9H15Cl2N3S/c1-3-4-7-12-8(15-14-7)13-9(2,5-10)6-11/h3-6H2,1-2H3,(H,12,13,14). The van der Waals surface area contributed by atoms with Crippen molar-refractivity contribution in [3.8, 4) is 0 Å². The first-order valence-electron chi connectivity index (χ1n) is 4.86. The molecular weight excluding hydrogens is 253 g/mol. The quantitative estimate of drug-likeness (QED) is 0.805. The van der Waals surface area contributed by atoms with Gasteiger partial charge in [0, 0.05) is 29.7 Å². The number of halogens is 2. The average molecular weight is 268 g/mol. The monoisotopic (exact) mass is 267 g/mol. The van der Waals surface area contributed by atoms with Crippen molar-refractivity contribution in [3.63, 3.8) is 0 Å². The van der Waals surface area contributed by atoms with Crippen molar-refractivity contribution in [2.45, 2.75) is 32.2 Å². The van der Waals surface area contributed by atoms with Gasteiger partial charge in [-0.1, -0.05) is 6.92 Å². The molecule has 0 saturated carbocycles. The third kappa shape index (κ3) is 3.78. The molecule has 0 unspecified atom stereocenters. The van der Waals surface area contributed by atoms with Crippen molar-refractivity contribution in [2.75, 3.05) is 17.1 Å². The van der Waals surface area contributed by atoms with Gasteiger partial charge < -0.3 is 5.32 Å². The summed E-state index contributed by atoms with van der Waals surface area (Å²) in [5, 5.41) is 4.01. The van der Waals surface area contributed by atoms with Crippen molar-refractivity contribution in [1.29, 1.82) is 0 Å². The van der Waals surface area contributed by atoms with Crippen LogP contribution in [0.1, 0.15) is 26.1 Å². The predicted octanol–water partition coefficient (Wildman–Crippen LogP) is 3.14. The van der Waals surface area contributed by atoms with E-state index in [1.807, 2.05) is 6.92 Å². The summed E-state index contributed by atoms with van der Waals surface area (Å²) in [6, 6.07) is 0. The van der Waals surface area contributed by atoms with E-state index in [0.29, 0.717) is 11.8 Å². The largest absolute Gasteiger partial charge is 0.353 e. The van der Waals surface area contributed by atoms with E-state index in [2.05, 4.69) is 21.6 Å². The molecule has 1 aromatic rings. The van der Waals surface area contributed by atoms with E-state index < -0.39 is 0 Å². The maximum atomic E-state index is 5.84. The van der Waals surface area contributed by atoms with Crippen molar-refractivity contribution in [1.82, 2.24) is 9.36 Å². The van der Waals surface area contributed by atoms with Crippen LogP contribution in [0.5, 0.6) is 0 Å². The number of aromatic nitrogens is 2. The molecule has 0 aromatic carbocycles. The molecule has 1 rings (SSSR count). The Labute approximate surface area is 104 Å². The molecule has 0 bridgehead atoms. The number of hydrogen-bond acceptors (Lipinski definition) is 4. The van der Waals surface area contributed by atoms with Crippen molar-refractivity contribution in [2.24, 2.45) is 0 Å². The van der Waals surface area contributed by atoms with Crippen LogP contribution in [0, 0.1) is 0 Å². The van der Waals surface area contributed by atoms with Gasteiger partial charge in [-0.2, -0.15) is 4.37 Å². The highest BCUT2D eigenvalue weighted by molar-refractivity contribution is 7.09. The van der Waals surface area contributed by atoms with Crippen LogP contribution in [0.15, 0.2) is 0 Å². The van der Waals surface area contributed by atoms with E-state index in [0.717, 1.165) is 23.8 Å². The van der Waals surface area contributed by atoms with Gasteiger partial charge in [-0.25, -0.2) is 4.98 Å². The summed E-state index contributed by atoms with van der Waals surface area (Å²) in [4.78, 5) is 4.36. The zero-order chi connectivity index (χ0) is 11.3. The molecule has 0 aliphatic heterocycles. The molecular formula is C9H15Cl2N3S. The maximum Gasteiger partial charge on any atom is 0.203 e. The number of alkyl halides is 2. The molecule has 0 aliphatic carbocycles. The molecule has 6 heteroatoms. The summed E-state index contributed by atoms with van der Waals surface area (Å²) < 4.78 is 4.24. The van der Waals surface area contributed by atoms with Gasteiger partial charge in [0.2, 0.25) is 5.13 Å². The van der Waals surface area contributed by atoms with Crippen molar-refractivity contribution >= 4 is 39.9 Å². The Morgan fingerprint density at radius 2 is 2.07 bits per heavy atom. The Morgan fingerprint density at radius 1 is 1.40 bits per heavy atom. The number of anilines is 1. The summed E-state index contributed by atoms with van der Waals surface area (Å²) in [5.74, 6) is 1.77. The van der Waals surface area contributed by atoms with E-state index in [9.17, 15) is 0 Å². The van der Waals surface area contributed by atoms with Crippen molar-refractivity contribution in [3.05, 3.63) is 5.82 Å². The Balaban J connectivity index is 2.63. The number of nitrogens with one attached hydrogen (secondary N) is 1. The first-order chi connectivity index (χ1) is 7.13. The van der Waals surface area contributed by atoms with E-state index in [4.69, 9.17) is 23.2 Å². The van der Waals surface area contributed by atoms with E-state index in [-0.39, 0.29) is 5.54 Å². The minimum absolute atomic E-state index is 0.313. The Hall–Kier alpha value is -0.0600. The van der Waals surface area contributed by atoms with E-state index >= 15 is 0 Å². The van der Waals surface area contributed by atoms with Gasteiger partial charge in [0.1, 0.15) is 5.82 Å². The van der Waals surface area contributed by atoms with Gasteiger partial charge in [-0.3, -0.25) is 0 Å². The molecule has 3 nitrogen and oxygen atoms in total. The molecule has 86 valence electrons. The fourth-order valence-corrected chi connectivity index (χ4v) is 2.17. The molecule has 0 fully saturated rings. The molecule has 0 radical (unpaired) electrons. The van der Waals surface area contributed by atoms with Gasteiger partial charge in [-0.05, 0) is 13.3 Å². The molecule has 1 heterocycles. The van der Waals surface area contributed by atoms with Gasteiger partial charge in [0.25, 0.3) is 0 Å². The third-order valence-corrected chi connectivity index (χ3v) is 3.79. The lowest BCUT2D eigenvalue weighted by Crippen LogP contribution is -2.38. The second-order valence-electron chi connectivity index (χ2n) is 3.72. The lowest BCUT2D eigenvalue weighted by molar-refractivity contribution is 0.647. The molecule has 0 atom stereocenters. The molecule has 0 saturated heterocycles. The second-order valence-corrected chi connectivity index (χ2v) is 5.01. The zero-order valence-electron chi connectivity index (χ0n) is 8.89. The molecule has 0 aliphatic rings. The molecule has 1 aromatic heterocycles. The summed E-state index contributed by atoms with van der Waals surface area (Å²) in [6.07, 6.45) is 1.97. The maximum absolute atomic E-state index is 5.84. The average Bonchev–Trinajstić information content (AvgIpc) is 2.66. The number of hydrogen-bond donors (Lipinski definition) is 1. The van der Waals surface area contributed by atoms with Crippen LogP contribution >= 0.6 is 34.7 Å². The first kappa shape index (κ1) is 13.0.